The number of carbonyl (C=O) groups excluding carboxylic acids is 1. The standard InChI is InChI=1S/C23H25FN4O3/c1-14-20-16(22(30)28-9-4-8-23(13-28)7-2-3-10-31-23)12-18(25-21(20)27-26-14)15-5-6-19(29)17(24)11-15/h5-6,11-12,29H,2-4,7-10,13H2,1H3,(H,25,26,27). The Hall–Kier alpha value is -3.00. The maximum Gasteiger partial charge on any atom is 0.254 e. The third kappa shape index (κ3) is 3.54. The van der Waals surface area contributed by atoms with E-state index in [0.29, 0.717) is 40.9 Å². The topological polar surface area (TPSA) is 91.3 Å². The number of H-pyrrole nitrogens is 1. The number of aromatic hydroxyl groups is 1. The number of fused-ring (bicyclic) bond motifs is 1. The Morgan fingerprint density at radius 2 is 2.10 bits per heavy atom. The second kappa shape index (κ2) is 7.60. The summed E-state index contributed by atoms with van der Waals surface area (Å²) in [6.45, 7) is 3.86. The number of nitrogens with zero attached hydrogens (tertiary/aromatic N) is 3. The number of phenols is 1. The van der Waals surface area contributed by atoms with Crippen molar-refractivity contribution in [2.75, 3.05) is 19.7 Å². The van der Waals surface area contributed by atoms with Gasteiger partial charge in [0.2, 0.25) is 0 Å². The normalized spacial score (nSPS) is 21.7. The van der Waals surface area contributed by atoms with Crippen LogP contribution in [0.3, 0.4) is 0 Å². The van der Waals surface area contributed by atoms with Gasteiger partial charge in [-0.1, -0.05) is 0 Å². The Labute approximate surface area is 179 Å². The van der Waals surface area contributed by atoms with Crippen LogP contribution in [0.5, 0.6) is 5.75 Å². The van der Waals surface area contributed by atoms with Crippen molar-refractivity contribution in [3.05, 3.63) is 41.3 Å². The molecule has 0 aliphatic carbocycles. The van der Waals surface area contributed by atoms with E-state index in [1.54, 1.807) is 12.1 Å². The number of piperidine rings is 1. The number of hydrogen-bond donors (Lipinski definition) is 2. The fourth-order valence-corrected chi connectivity index (χ4v) is 4.83. The van der Waals surface area contributed by atoms with Gasteiger partial charge >= 0.3 is 0 Å². The molecule has 162 valence electrons. The molecule has 0 radical (unpaired) electrons. The second-order valence-corrected chi connectivity index (χ2v) is 8.59. The highest BCUT2D eigenvalue weighted by Crippen LogP contribution is 2.35. The molecule has 2 aromatic heterocycles. The average molecular weight is 424 g/mol. The van der Waals surface area contributed by atoms with Crippen molar-refractivity contribution < 1.29 is 19.0 Å². The molecule has 2 aliphatic heterocycles. The summed E-state index contributed by atoms with van der Waals surface area (Å²) in [5.74, 6) is -1.26. The summed E-state index contributed by atoms with van der Waals surface area (Å²) >= 11 is 0. The van der Waals surface area contributed by atoms with Crippen molar-refractivity contribution in [1.29, 1.82) is 0 Å². The number of benzene rings is 1. The van der Waals surface area contributed by atoms with E-state index in [-0.39, 0.29) is 11.5 Å². The van der Waals surface area contributed by atoms with Crippen LogP contribution in [0.2, 0.25) is 0 Å². The number of amides is 1. The number of likely N-dealkylation sites (tertiary alicyclic amines) is 1. The maximum absolute atomic E-state index is 13.9. The molecule has 1 atom stereocenters. The number of hydrogen-bond acceptors (Lipinski definition) is 5. The van der Waals surface area contributed by atoms with Crippen LogP contribution >= 0.6 is 0 Å². The van der Waals surface area contributed by atoms with Gasteiger partial charge in [0.1, 0.15) is 0 Å². The zero-order valence-electron chi connectivity index (χ0n) is 17.4. The van der Waals surface area contributed by atoms with Crippen LogP contribution in [0.25, 0.3) is 22.3 Å². The van der Waals surface area contributed by atoms with Gasteiger partial charge in [0.05, 0.1) is 22.2 Å². The van der Waals surface area contributed by atoms with Crippen molar-refractivity contribution in [3.8, 4) is 17.0 Å². The first-order valence-corrected chi connectivity index (χ1v) is 10.7. The van der Waals surface area contributed by atoms with Gasteiger partial charge in [0, 0.05) is 31.0 Å². The number of rotatable bonds is 2. The monoisotopic (exact) mass is 424 g/mol. The lowest BCUT2D eigenvalue weighted by Gasteiger charge is -2.45. The van der Waals surface area contributed by atoms with Gasteiger partial charge in [-0.3, -0.25) is 9.89 Å². The summed E-state index contributed by atoms with van der Waals surface area (Å²) in [5.41, 5.74) is 2.32. The van der Waals surface area contributed by atoms with Crippen LogP contribution < -0.4 is 0 Å². The Balaban J connectivity index is 1.55. The van der Waals surface area contributed by atoms with E-state index in [1.807, 2.05) is 11.8 Å². The van der Waals surface area contributed by atoms with Gasteiger partial charge in [-0.2, -0.15) is 5.10 Å². The third-order valence-corrected chi connectivity index (χ3v) is 6.44. The zero-order valence-corrected chi connectivity index (χ0v) is 17.4. The number of halogens is 1. The van der Waals surface area contributed by atoms with E-state index in [1.165, 1.54) is 12.1 Å². The largest absolute Gasteiger partial charge is 0.505 e. The molecule has 1 spiro atoms. The lowest BCUT2D eigenvalue weighted by Crippen LogP contribution is -2.53. The molecule has 2 aliphatic rings. The fraction of sp³-hybridized carbons (Fsp3) is 0.435. The summed E-state index contributed by atoms with van der Waals surface area (Å²) in [6, 6.07) is 5.76. The number of pyridine rings is 1. The molecule has 7 nitrogen and oxygen atoms in total. The zero-order chi connectivity index (χ0) is 21.6. The Morgan fingerprint density at radius 1 is 1.26 bits per heavy atom. The summed E-state index contributed by atoms with van der Waals surface area (Å²) in [5, 5.41) is 17.3. The molecule has 3 aromatic rings. The summed E-state index contributed by atoms with van der Waals surface area (Å²) in [6.07, 6.45) is 5.05. The van der Waals surface area contributed by atoms with Gasteiger partial charge in [-0.15, -0.1) is 0 Å². The number of phenolic OH excluding ortho intramolecular Hbond substituents is 1. The van der Waals surface area contributed by atoms with E-state index >= 15 is 0 Å². The highest BCUT2D eigenvalue weighted by molar-refractivity contribution is 6.07. The molecule has 1 amide bonds. The summed E-state index contributed by atoms with van der Waals surface area (Å²) in [7, 11) is 0. The minimum absolute atomic E-state index is 0.0920. The highest BCUT2D eigenvalue weighted by Gasteiger charge is 2.39. The molecule has 31 heavy (non-hydrogen) atoms. The predicted molar refractivity (Wildman–Crippen MR) is 113 cm³/mol. The van der Waals surface area contributed by atoms with E-state index in [0.717, 1.165) is 44.4 Å². The first-order chi connectivity index (χ1) is 15.0. The quantitative estimate of drug-likeness (QED) is 0.650. The van der Waals surface area contributed by atoms with Crippen molar-refractivity contribution in [3.63, 3.8) is 0 Å². The molecule has 2 saturated heterocycles. The summed E-state index contributed by atoms with van der Waals surface area (Å²) < 4.78 is 20.1. The van der Waals surface area contributed by atoms with E-state index in [9.17, 15) is 14.3 Å². The van der Waals surface area contributed by atoms with Crippen LogP contribution in [0, 0.1) is 12.7 Å². The average Bonchev–Trinajstić information content (AvgIpc) is 3.16. The number of aromatic nitrogens is 3. The smallest absolute Gasteiger partial charge is 0.254 e. The van der Waals surface area contributed by atoms with Crippen molar-refractivity contribution in [2.45, 2.75) is 44.6 Å². The number of ether oxygens (including phenoxy) is 1. The Bertz CT molecular complexity index is 1150. The molecule has 0 bridgehead atoms. The van der Waals surface area contributed by atoms with Gasteiger partial charge in [0.15, 0.2) is 17.2 Å². The molecule has 2 fully saturated rings. The van der Waals surface area contributed by atoms with Crippen molar-refractivity contribution in [1.82, 2.24) is 20.1 Å². The van der Waals surface area contributed by atoms with Gasteiger partial charge < -0.3 is 14.7 Å². The molecule has 4 heterocycles. The van der Waals surface area contributed by atoms with E-state index in [2.05, 4.69) is 15.2 Å². The van der Waals surface area contributed by atoms with E-state index < -0.39 is 11.6 Å². The predicted octanol–water partition coefficient (Wildman–Crippen LogP) is 3.95. The number of carbonyl (C=O) groups is 1. The molecule has 1 unspecified atom stereocenters. The maximum atomic E-state index is 13.9. The lowest BCUT2D eigenvalue weighted by molar-refractivity contribution is -0.110. The van der Waals surface area contributed by atoms with E-state index in [4.69, 9.17) is 4.74 Å². The number of aromatic amines is 1. The highest BCUT2D eigenvalue weighted by atomic mass is 19.1. The van der Waals surface area contributed by atoms with Crippen LogP contribution in [-0.4, -0.2) is 56.4 Å². The van der Waals surface area contributed by atoms with Crippen molar-refractivity contribution >= 4 is 16.9 Å². The fourth-order valence-electron chi connectivity index (χ4n) is 4.83. The van der Waals surface area contributed by atoms with Crippen LogP contribution in [0.15, 0.2) is 24.3 Å². The molecule has 5 rings (SSSR count). The first kappa shape index (κ1) is 19.9. The van der Waals surface area contributed by atoms with Gasteiger partial charge in [-0.05, 0) is 63.3 Å². The number of aryl methyl sites for hydroxylation is 1. The molecule has 8 heteroatoms. The summed E-state index contributed by atoms with van der Waals surface area (Å²) in [4.78, 5) is 20.1. The molecular weight excluding hydrogens is 399 g/mol. The van der Waals surface area contributed by atoms with Crippen molar-refractivity contribution in [2.24, 2.45) is 0 Å². The van der Waals surface area contributed by atoms with Crippen LogP contribution in [-0.2, 0) is 4.74 Å². The lowest BCUT2D eigenvalue weighted by atomic mass is 9.85. The van der Waals surface area contributed by atoms with Gasteiger partial charge in [0.25, 0.3) is 5.91 Å². The Morgan fingerprint density at radius 3 is 2.87 bits per heavy atom. The van der Waals surface area contributed by atoms with Crippen LogP contribution in [0.1, 0.15) is 48.2 Å². The minimum Gasteiger partial charge on any atom is -0.505 e. The second-order valence-electron chi connectivity index (χ2n) is 8.59. The third-order valence-electron chi connectivity index (χ3n) is 6.44. The SMILES string of the molecule is Cc1[nH]nc2nc(-c3ccc(O)c(F)c3)cc(C(=O)N3CCCC4(CCCCO4)C3)c12. The molecule has 1 aromatic carbocycles. The van der Waals surface area contributed by atoms with Crippen LogP contribution in [0.4, 0.5) is 4.39 Å². The first-order valence-electron chi connectivity index (χ1n) is 10.7. The Kier molecular flexibility index (Phi) is 4.89. The minimum atomic E-state index is -0.738. The number of nitrogens with one attached hydrogen (secondary N) is 1. The molecule has 0 saturated carbocycles. The molecule has 2 N–H and O–H groups in total. The molecular formula is C23H25FN4O3. The van der Waals surface area contributed by atoms with Gasteiger partial charge in [-0.25, -0.2) is 9.37 Å².